The second-order valence-corrected chi connectivity index (χ2v) is 6.81. The van der Waals surface area contributed by atoms with Crippen LogP contribution in [0.3, 0.4) is 0 Å². The molecule has 3 nitrogen and oxygen atoms in total. The van der Waals surface area contributed by atoms with Gasteiger partial charge in [-0.2, -0.15) is 0 Å². The molecule has 2 N–H and O–H groups in total. The number of hydrogen-bond acceptors (Lipinski definition) is 3. The van der Waals surface area contributed by atoms with Crippen LogP contribution >= 0.6 is 0 Å². The first kappa shape index (κ1) is 12.1. The average Bonchev–Trinajstić information content (AvgIpc) is 2.46. The summed E-state index contributed by atoms with van der Waals surface area (Å²) in [5, 5.41) is 21.6. The van der Waals surface area contributed by atoms with Crippen molar-refractivity contribution in [2.24, 2.45) is 10.8 Å². The van der Waals surface area contributed by atoms with Gasteiger partial charge in [0.2, 0.25) is 0 Å². The summed E-state index contributed by atoms with van der Waals surface area (Å²) in [4.78, 5) is 12.4. The second kappa shape index (κ2) is 2.97. The lowest BCUT2D eigenvalue weighted by Gasteiger charge is -2.57. The summed E-state index contributed by atoms with van der Waals surface area (Å²) in [6.07, 6.45) is 2.53. The fourth-order valence-electron chi connectivity index (χ4n) is 4.07. The highest BCUT2D eigenvalue weighted by molar-refractivity contribution is 6.12. The minimum absolute atomic E-state index is 0.0886. The highest BCUT2D eigenvalue weighted by Crippen LogP contribution is 2.65. The van der Waals surface area contributed by atoms with Crippen molar-refractivity contribution in [2.75, 3.05) is 0 Å². The summed E-state index contributed by atoms with van der Waals surface area (Å²) >= 11 is 0. The molecule has 0 amide bonds. The van der Waals surface area contributed by atoms with E-state index in [-0.39, 0.29) is 5.78 Å². The average molecular weight is 248 g/mol. The quantitative estimate of drug-likeness (QED) is 0.686. The number of ketones is 1. The summed E-state index contributed by atoms with van der Waals surface area (Å²) in [6, 6.07) is 0. The Bertz CT molecular complexity index is 526. The second-order valence-electron chi connectivity index (χ2n) is 6.81. The first-order chi connectivity index (χ1) is 8.16. The van der Waals surface area contributed by atoms with E-state index in [0.29, 0.717) is 5.57 Å². The van der Waals surface area contributed by atoms with Gasteiger partial charge in [0.15, 0.2) is 5.78 Å². The third-order valence-corrected chi connectivity index (χ3v) is 5.45. The molecular formula is C15H20O3. The van der Waals surface area contributed by atoms with E-state index in [4.69, 9.17) is 0 Å². The number of allylic oxidation sites excluding steroid dienone is 1. The number of fused-ring (bicyclic) bond motifs is 3. The third kappa shape index (κ3) is 0.984. The molecule has 3 atom stereocenters. The number of rotatable bonds is 0. The fraction of sp³-hybridized carbons (Fsp3) is 0.667. The number of aliphatic hydroxyl groups excluding tert-OH is 1. The topological polar surface area (TPSA) is 57.5 Å². The molecule has 3 aliphatic carbocycles. The third-order valence-electron chi connectivity index (χ3n) is 5.45. The molecule has 0 aromatic carbocycles. The summed E-state index contributed by atoms with van der Waals surface area (Å²) in [5.74, 6) is -0.0886. The Kier molecular flexibility index (Phi) is 2.00. The molecule has 0 bridgehead atoms. The van der Waals surface area contributed by atoms with Gasteiger partial charge in [-0.3, -0.25) is 4.79 Å². The van der Waals surface area contributed by atoms with Crippen LogP contribution in [0.2, 0.25) is 0 Å². The van der Waals surface area contributed by atoms with Crippen LogP contribution in [0.4, 0.5) is 0 Å². The lowest BCUT2D eigenvalue weighted by atomic mass is 9.49. The first-order valence-electron chi connectivity index (χ1n) is 6.55. The highest BCUT2D eigenvalue weighted by atomic mass is 16.3. The normalized spacial score (nSPS) is 45.3. The molecule has 3 aliphatic rings. The van der Waals surface area contributed by atoms with E-state index in [1.165, 1.54) is 0 Å². The summed E-state index contributed by atoms with van der Waals surface area (Å²) < 4.78 is 0. The SMILES string of the molecule is CC1=C2CC[C@]2(C)[C@]2(O)C(=CC(C)(C)[C@H]2O)C1=O. The molecule has 1 saturated carbocycles. The molecule has 0 spiro atoms. The zero-order valence-electron chi connectivity index (χ0n) is 11.4. The Morgan fingerprint density at radius 3 is 2.44 bits per heavy atom. The monoisotopic (exact) mass is 248 g/mol. The fourth-order valence-corrected chi connectivity index (χ4v) is 4.07. The molecule has 0 radical (unpaired) electrons. The van der Waals surface area contributed by atoms with Crippen LogP contribution in [0.1, 0.15) is 40.5 Å². The van der Waals surface area contributed by atoms with E-state index in [1.54, 1.807) is 6.08 Å². The lowest BCUT2D eigenvalue weighted by molar-refractivity contribution is -0.156. The van der Waals surface area contributed by atoms with Crippen LogP contribution in [-0.2, 0) is 4.79 Å². The van der Waals surface area contributed by atoms with Gasteiger partial charge < -0.3 is 10.2 Å². The molecular weight excluding hydrogens is 228 g/mol. The van der Waals surface area contributed by atoms with Crippen LogP contribution in [0.15, 0.2) is 22.8 Å². The van der Waals surface area contributed by atoms with Crippen molar-refractivity contribution >= 4 is 5.78 Å². The Morgan fingerprint density at radius 2 is 1.94 bits per heavy atom. The molecule has 0 aromatic heterocycles. The number of carbonyl (C=O) groups is 1. The van der Waals surface area contributed by atoms with Gasteiger partial charge in [-0.15, -0.1) is 0 Å². The van der Waals surface area contributed by atoms with Crippen molar-refractivity contribution in [1.82, 2.24) is 0 Å². The number of Topliss-reactive ketones (excluding diaryl/α,β-unsaturated/α-hetero) is 1. The summed E-state index contributed by atoms with van der Waals surface area (Å²) in [5.41, 5.74) is -0.226. The maximum Gasteiger partial charge on any atom is 0.187 e. The highest BCUT2D eigenvalue weighted by Gasteiger charge is 2.68. The molecule has 3 rings (SSSR count). The van der Waals surface area contributed by atoms with E-state index in [0.717, 1.165) is 24.0 Å². The van der Waals surface area contributed by atoms with Gasteiger partial charge in [0.05, 0.1) is 6.10 Å². The van der Waals surface area contributed by atoms with Crippen molar-refractivity contribution in [1.29, 1.82) is 0 Å². The van der Waals surface area contributed by atoms with Gasteiger partial charge >= 0.3 is 0 Å². The van der Waals surface area contributed by atoms with E-state index < -0.39 is 22.5 Å². The molecule has 0 aliphatic heterocycles. The standard InChI is InChI=1S/C15H20O3/c1-8-9-5-6-14(9,4)15(18)10(11(8)16)7-13(2,3)12(15)17/h7,12,17-18H,5-6H2,1-4H3/t12-,14+,15+/m1/s1. The zero-order valence-corrected chi connectivity index (χ0v) is 11.4. The van der Waals surface area contributed by atoms with Crippen molar-refractivity contribution in [2.45, 2.75) is 52.2 Å². The minimum Gasteiger partial charge on any atom is -0.389 e. The van der Waals surface area contributed by atoms with Gasteiger partial charge in [0, 0.05) is 16.4 Å². The van der Waals surface area contributed by atoms with Gasteiger partial charge in [-0.25, -0.2) is 0 Å². The van der Waals surface area contributed by atoms with Gasteiger partial charge in [0.25, 0.3) is 0 Å². The molecule has 0 unspecified atom stereocenters. The van der Waals surface area contributed by atoms with Crippen molar-refractivity contribution in [3.05, 3.63) is 22.8 Å². The van der Waals surface area contributed by atoms with Crippen molar-refractivity contribution in [3.63, 3.8) is 0 Å². The molecule has 1 fully saturated rings. The summed E-state index contributed by atoms with van der Waals surface area (Å²) in [6.45, 7) is 7.55. The van der Waals surface area contributed by atoms with Crippen LogP contribution in [0.5, 0.6) is 0 Å². The predicted octanol–water partition coefficient (Wildman–Crippen LogP) is 1.74. The van der Waals surface area contributed by atoms with Crippen LogP contribution < -0.4 is 0 Å². The smallest absolute Gasteiger partial charge is 0.187 e. The van der Waals surface area contributed by atoms with E-state index in [9.17, 15) is 15.0 Å². The van der Waals surface area contributed by atoms with Gasteiger partial charge in [-0.1, -0.05) is 32.4 Å². The van der Waals surface area contributed by atoms with E-state index >= 15 is 0 Å². The maximum atomic E-state index is 12.4. The molecule has 3 heteroatoms. The van der Waals surface area contributed by atoms with Gasteiger partial charge in [0.1, 0.15) is 5.60 Å². The largest absolute Gasteiger partial charge is 0.389 e. The number of aliphatic hydroxyl groups is 2. The van der Waals surface area contributed by atoms with E-state index in [2.05, 4.69) is 0 Å². The zero-order chi connectivity index (χ0) is 13.5. The van der Waals surface area contributed by atoms with Crippen molar-refractivity contribution < 1.29 is 15.0 Å². The minimum atomic E-state index is -1.40. The predicted molar refractivity (Wildman–Crippen MR) is 67.9 cm³/mol. The Morgan fingerprint density at radius 1 is 1.33 bits per heavy atom. The maximum absolute atomic E-state index is 12.4. The molecule has 98 valence electrons. The Balaban J connectivity index is 2.29. The molecule has 0 saturated heterocycles. The lowest BCUT2D eigenvalue weighted by Crippen LogP contribution is -2.63. The molecule has 0 heterocycles. The van der Waals surface area contributed by atoms with Crippen LogP contribution in [-0.4, -0.2) is 27.7 Å². The molecule has 18 heavy (non-hydrogen) atoms. The summed E-state index contributed by atoms with van der Waals surface area (Å²) in [7, 11) is 0. The van der Waals surface area contributed by atoms with Gasteiger partial charge in [-0.05, 0) is 25.3 Å². The van der Waals surface area contributed by atoms with E-state index in [1.807, 2.05) is 27.7 Å². The van der Waals surface area contributed by atoms with Crippen LogP contribution in [0.25, 0.3) is 0 Å². The van der Waals surface area contributed by atoms with Crippen LogP contribution in [0, 0.1) is 10.8 Å². The Labute approximate surface area is 107 Å². The first-order valence-corrected chi connectivity index (χ1v) is 6.55. The van der Waals surface area contributed by atoms with Crippen molar-refractivity contribution in [3.8, 4) is 0 Å². The number of carbonyl (C=O) groups excluding carboxylic acids is 1. The Hall–Kier alpha value is -0.930. The number of hydrogen-bond donors (Lipinski definition) is 2. The molecule has 0 aromatic rings.